The maximum absolute atomic E-state index is 13.0. The van der Waals surface area contributed by atoms with Crippen molar-refractivity contribution in [3.8, 4) is 5.75 Å². The number of aliphatic hydroxyl groups excluding tert-OH is 1. The Kier molecular flexibility index (Phi) is 10.6. The Hall–Kier alpha value is -2.35. The van der Waals surface area contributed by atoms with E-state index in [1.165, 1.54) is 5.56 Å². The standard InChI is InChI=1S/C29H46N2O5/c1-10-29(11-2,21-13-15-23(20(4)17-21)36-19-25(32)28(5,6)7)24-16-14-22(31(24)12-3)27(33)30-18-26(34-8)35-9/h13-17,25-26,32H,10-12,18-19H2,1-9H3,(H,30,33). The fraction of sp³-hybridized carbons (Fsp3) is 0.621. The molecule has 0 aliphatic rings. The Morgan fingerprint density at radius 1 is 1.06 bits per heavy atom. The lowest BCUT2D eigenvalue weighted by molar-refractivity contribution is -0.0974. The van der Waals surface area contributed by atoms with Crippen molar-refractivity contribution < 1.29 is 24.1 Å². The normalized spacial score (nSPS) is 13.2. The maximum Gasteiger partial charge on any atom is 0.268 e. The summed E-state index contributed by atoms with van der Waals surface area (Å²) in [4.78, 5) is 13.0. The van der Waals surface area contributed by atoms with Gasteiger partial charge in [-0.1, -0.05) is 46.8 Å². The fourth-order valence-corrected chi connectivity index (χ4v) is 4.65. The molecule has 2 aromatic rings. The van der Waals surface area contributed by atoms with Gasteiger partial charge in [-0.25, -0.2) is 0 Å². The van der Waals surface area contributed by atoms with Gasteiger partial charge in [0.15, 0.2) is 6.29 Å². The summed E-state index contributed by atoms with van der Waals surface area (Å²) in [6, 6.07) is 10.3. The van der Waals surface area contributed by atoms with Crippen LogP contribution < -0.4 is 10.1 Å². The van der Waals surface area contributed by atoms with Crippen molar-refractivity contribution in [1.29, 1.82) is 0 Å². The van der Waals surface area contributed by atoms with Gasteiger partial charge in [0.25, 0.3) is 5.91 Å². The molecule has 0 bridgehead atoms. The van der Waals surface area contributed by atoms with Crippen molar-refractivity contribution in [2.75, 3.05) is 27.4 Å². The highest BCUT2D eigenvalue weighted by atomic mass is 16.7. The summed E-state index contributed by atoms with van der Waals surface area (Å²) in [5, 5.41) is 13.3. The van der Waals surface area contributed by atoms with Gasteiger partial charge < -0.3 is 29.2 Å². The van der Waals surface area contributed by atoms with Crippen LogP contribution in [0.25, 0.3) is 0 Å². The minimum Gasteiger partial charge on any atom is -0.491 e. The van der Waals surface area contributed by atoms with Crippen LogP contribution in [0.4, 0.5) is 0 Å². The van der Waals surface area contributed by atoms with Crippen molar-refractivity contribution in [1.82, 2.24) is 9.88 Å². The number of rotatable bonds is 13. The summed E-state index contributed by atoms with van der Waals surface area (Å²) in [6.45, 7) is 15.7. The van der Waals surface area contributed by atoms with E-state index in [0.29, 0.717) is 12.2 Å². The van der Waals surface area contributed by atoms with Gasteiger partial charge in [-0.3, -0.25) is 4.79 Å². The van der Waals surface area contributed by atoms with E-state index in [9.17, 15) is 9.90 Å². The number of aromatic nitrogens is 1. The molecule has 0 spiro atoms. The summed E-state index contributed by atoms with van der Waals surface area (Å²) < 4.78 is 18.5. The third kappa shape index (κ3) is 6.50. The van der Waals surface area contributed by atoms with Crippen LogP contribution in [-0.4, -0.2) is 55.3 Å². The lowest BCUT2D eigenvalue weighted by atomic mass is 9.72. The summed E-state index contributed by atoms with van der Waals surface area (Å²) in [6.07, 6.45) is 0.720. The number of aryl methyl sites for hydroxylation is 1. The zero-order valence-corrected chi connectivity index (χ0v) is 23.6. The first-order valence-corrected chi connectivity index (χ1v) is 12.9. The van der Waals surface area contributed by atoms with Gasteiger partial charge in [0.2, 0.25) is 0 Å². The summed E-state index contributed by atoms with van der Waals surface area (Å²) >= 11 is 0. The first-order chi connectivity index (χ1) is 17.0. The number of benzene rings is 1. The van der Waals surface area contributed by atoms with Crippen molar-refractivity contribution >= 4 is 5.91 Å². The molecule has 2 N–H and O–H groups in total. The zero-order chi connectivity index (χ0) is 27.1. The Labute approximate surface area is 217 Å². The number of nitrogens with zero attached hydrogens (tertiary/aromatic N) is 1. The second-order valence-electron chi connectivity index (χ2n) is 10.4. The number of carbonyl (C=O) groups excluding carboxylic acids is 1. The van der Waals surface area contributed by atoms with Crippen LogP contribution in [0, 0.1) is 12.3 Å². The molecule has 0 radical (unpaired) electrons. The van der Waals surface area contributed by atoms with Gasteiger partial charge in [-0.05, 0) is 61.4 Å². The SMILES string of the molecule is CCn1c(C(=O)NCC(OC)OC)ccc1C(CC)(CC)c1ccc(OCC(O)C(C)(C)C)c(C)c1. The van der Waals surface area contributed by atoms with Crippen molar-refractivity contribution in [2.45, 2.75) is 85.7 Å². The van der Waals surface area contributed by atoms with Gasteiger partial charge in [0.1, 0.15) is 18.1 Å². The molecule has 1 unspecified atom stereocenters. The zero-order valence-electron chi connectivity index (χ0n) is 23.6. The number of methoxy groups -OCH3 is 2. The highest BCUT2D eigenvalue weighted by Gasteiger charge is 2.35. The molecular weight excluding hydrogens is 456 g/mol. The topological polar surface area (TPSA) is 82.0 Å². The monoisotopic (exact) mass is 502 g/mol. The summed E-state index contributed by atoms with van der Waals surface area (Å²) in [7, 11) is 3.10. The number of nitrogens with one attached hydrogen (secondary N) is 1. The molecule has 1 aromatic heterocycles. The van der Waals surface area contributed by atoms with Crippen LogP contribution in [0.15, 0.2) is 30.3 Å². The van der Waals surface area contributed by atoms with Gasteiger partial charge in [-0.2, -0.15) is 0 Å². The van der Waals surface area contributed by atoms with E-state index in [1.54, 1.807) is 14.2 Å². The Balaban J connectivity index is 2.38. The molecular formula is C29H46N2O5. The molecule has 1 aromatic carbocycles. The van der Waals surface area contributed by atoms with Gasteiger partial charge in [0.05, 0.1) is 12.6 Å². The predicted octanol–water partition coefficient (Wildman–Crippen LogP) is 5.06. The molecule has 0 aliphatic heterocycles. The highest BCUT2D eigenvalue weighted by Crippen LogP contribution is 2.41. The number of ether oxygens (including phenoxy) is 3. The molecule has 0 aliphatic carbocycles. The van der Waals surface area contributed by atoms with Crippen LogP contribution in [0.5, 0.6) is 5.75 Å². The van der Waals surface area contributed by atoms with E-state index >= 15 is 0 Å². The molecule has 1 amide bonds. The quantitative estimate of drug-likeness (QED) is 0.374. The molecule has 202 valence electrons. The summed E-state index contributed by atoms with van der Waals surface area (Å²) in [5.41, 5.74) is 3.45. The van der Waals surface area contributed by atoms with E-state index in [0.717, 1.165) is 29.8 Å². The molecule has 0 saturated heterocycles. The van der Waals surface area contributed by atoms with E-state index in [2.05, 4.69) is 48.9 Å². The second kappa shape index (κ2) is 12.7. The molecule has 0 saturated carbocycles. The van der Waals surface area contributed by atoms with E-state index in [1.807, 2.05) is 39.8 Å². The maximum atomic E-state index is 13.0. The first-order valence-electron chi connectivity index (χ1n) is 12.9. The molecule has 36 heavy (non-hydrogen) atoms. The largest absolute Gasteiger partial charge is 0.491 e. The Morgan fingerprint density at radius 2 is 1.69 bits per heavy atom. The molecule has 0 fully saturated rings. The van der Waals surface area contributed by atoms with Crippen molar-refractivity contribution in [3.63, 3.8) is 0 Å². The number of carbonyl (C=O) groups is 1. The lowest BCUT2D eigenvalue weighted by Crippen LogP contribution is -2.36. The van der Waals surface area contributed by atoms with Gasteiger partial charge in [0, 0.05) is 31.9 Å². The van der Waals surface area contributed by atoms with Gasteiger partial charge >= 0.3 is 0 Å². The predicted molar refractivity (Wildman–Crippen MR) is 144 cm³/mol. The van der Waals surface area contributed by atoms with Crippen LogP contribution >= 0.6 is 0 Å². The number of hydrogen-bond donors (Lipinski definition) is 2. The number of hydrogen-bond acceptors (Lipinski definition) is 5. The van der Waals surface area contributed by atoms with Gasteiger partial charge in [-0.15, -0.1) is 0 Å². The third-order valence-corrected chi connectivity index (χ3v) is 7.31. The highest BCUT2D eigenvalue weighted by molar-refractivity contribution is 5.93. The molecule has 7 nitrogen and oxygen atoms in total. The fourth-order valence-electron chi connectivity index (χ4n) is 4.65. The molecule has 2 rings (SSSR count). The molecule has 7 heteroatoms. The first kappa shape index (κ1) is 29.9. The average molecular weight is 503 g/mol. The smallest absolute Gasteiger partial charge is 0.268 e. The van der Waals surface area contributed by atoms with Crippen LogP contribution in [0.1, 0.15) is 81.7 Å². The minimum atomic E-state index is -0.553. The molecule has 1 heterocycles. The van der Waals surface area contributed by atoms with Crippen LogP contribution in [-0.2, 0) is 21.4 Å². The van der Waals surface area contributed by atoms with E-state index in [4.69, 9.17) is 14.2 Å². The number of amides is 1. The van der Waals surface area contributed by atoms with Crippen molar-refractivity contribution in [3.05, 3.63) is 52.8 Å². The van der Waals surface area contributed by atoms with E-state index in [-0.39, 0.29) is 29.9 Å². The summed E-state index contributed by atoms with van der Waals surface area (Å²) in [5.74, 6) is 0.626. The second-order valence-corrected chi connectivity index (χ2v) is 10.4. The minimum absolute atomic E-state index is 0.152. The third-order valence-electron chi connectivity index (χ3n) is 7.31. The van der Waals surface area contributed by atoms with Crippen molar-refractivity contribution in [2.24, 2.45) is 5.41 Å². The van der Waals surface area contributed by atoms with E-state index < -0.39 is 12.4 Å². The average Bonchev–Trinajstić information content (AvgIpc) is 3.29. The van der Waals surface area contributed by atoms with Crippen LogP contribution in [0.3, 0.4) is 0 Å². The van der Waals surface area contributed by atoms with Crippen LogP contribution in [0.2, 0.25) is 0 Å². The Bertz CT molecular complexity index is 984. The molecule has 1 atom stereocenters. The lowest BCUT2D eigenvalue weighted by Gasteiger charge is -2.35. The number of aliphatic hydroxyl groups is 1. The Morgan fingerprint density at radius 3 is 2.19 bits per heavy atom.